The average molecular weight is 436 g/mol. The van der Waals surface area contributed by atoms with Crippen LogP contribution in [-0.2, 0) is 6.42 Å². The van der Waals surface area contributed by atoms with Gasteiger partial charge in [0.05, 0.1) is 11.5 Å². The summed E-state index contributed by atoms with van der Waals surface area (Å²) in [6, 6.07) is 12.3. The maximum atomic E-state index is 9.66. The summed E-state index contributed by atoms with van der Waals surface area (Å²) in [7, 11) is 0. The smallest absolute Gasteiger partial charge is 0.0689 e. The fourth-order valence-electron chi connectivity index (χ4n) is 6.57. The molecule has 2 fully saturated rings. The molecule has 178 valence electrons. The Hall–Kier alpha value is -1.29. The molecular weight excluding hydrogens is 386 g/mol. The zero-order valence-corrected chi connectivity index (χ0v) is 21.2. The van der Waals surface area contributed by atoms with E-state index in [1.807, 2.05) is 0 Å². The molecule has 0 aromatic heterocycles. The molecule has 2 aliphatic carbocycles. The Bertz CT molecular complexity index is 665. The van der Waals surface area contributed by atoms with Crippen LogP contribution in [0, 0.1) is 28.6 Å². The van der Waals surface area contributed by atoms with Crippen LogP contribution in [0.2, 0.25) is 0 Å². The third-order valence-corrected chi connectivity index (χ3v) is 8.88. The van der Waals surface area contributed by atoms with Crippen LogP contribution in [0.15, 0.2) is 24.3 Å². The van der Waals surface area contributed by atoms with Crippen molar-refractivity contribution < 1.29 is 0 Å². The molecule has 0 amide bonds. The standard InChI is InChI=1S/C31H49N/c1-3-5-6-7-8-9-26-10-12-27(13-11-26)14-15-28-16-18-29(19-17-28)30-20-23-31(25-32,22-4-2)24-21-30/h16-19,26-27,30H,3-15,20-24H2,1-2H3. The fourth-order valence-corrected chi connectivity index (χ4v) is 6.57. The van der Waals surface area contributed by atoms with Crippen molar-refractivity contribution in [2.24, 2.45) is 17.3 Å². The van der Waals surface area contributed by atoms with E-state index in [-0.39, 0.29) is 5.41 Å². The topological polar surface area (TPSA) is 23.8 Å². The summed E-state index contributed by atoms with van der Waals surface area (Å²) in [4.78, 5) is 0. The zero-order chi connectivity index (χ0) is 22.7. The molecular formula is C31H49N. The van der Waals surface area contributed by atoms with Gasteiger partial charge in [-0.25, -0.2) is 0 Å². The molecule has 2 aliphatic rings. The number of benzene rings is 1. The molecule has 0 N–H and O–H groups in total. The first-order valence-electron chi connectivity index (χ1n) is 14.2. The lowest BCUT2D eigenvalue weighted by Gasteiger charge is -2.35. The Morgan fingerprint density at radius 2 is 1.41 bits per heavy atom. The minimum atomic E-state index is -0.0285. The Labute approximate surface area is 199 Å². The van der Waals surface area contributed by atoms with Crippen LogP contribution in [0.5, 0.6) is 0 Å². The highest BCUT2D eigenvalue weighted by Gasteiger charge is 2.35. The van der Waals surface area contributed by atoms with Crippen molar-refractivity contribution in [2.45, 2.75) is 135 Å². The molecule has 1 aromatic rings. The lowest BCUT2D eigenvalue weighted by atomic mass is 9.68. The number of rotatable bonds is 12. The minimum Gasteiger partial charge on any atom is -0.198 e. The van der Waals surface area contributed by atoms with E-state index in [0.29, 0.717) is 5.92 Å². The van der Waals surface area contributed by atoms with Crippen LogP contribution in [0.25, 0.3) is 0 Å². The number of aryl methyl sites for hydroxylation is 1. The van der Waals surface area contributed by atoms with E-state index >= 15 is 0 Å². The second kappa shape index (κ2) is 13.4. The molecule has 0 aliphatic heterocycles. The van der Waals surface area contributed by atoms with Gasteiger partial charge in [0.1, 0.15) is 0 Å². The van der Waals surface area contributed by atoms with Gasteiger partial charge in [-0.05, 0) is 73.8 Å². The van der Waals surface area contributed by atoms with Crippen molar-refractivity contribution in [1.82, 2.24) is 0 Å². The van der Waals surface area contributed by atoms with Gasteiger partial charge in [0, 0.05) is 0 Å². The first-order chi connectivity index (χ1) is 15.7. The summed E-state index contributed by atoms with van der Waals surface area (Å²) in [5.74, 6) is 2.65. The molecule has 2 saturated carbocycles. The van der Waals surface area contributed by atoms with Crippen LogP contribution in [0.1, 0.15) is 140 Å². The second-order valence-electron chi connectivity index (χ2n) is 11.3. The van der Waals surface area contributed by atoms with Crippen molar-refractivity contribution >= 4 is 0 Å². The van der Waals surface area contributed by atoms with E-state index in [2.05, 4.69) is 44.2 Å². The van der Waals surface area contributed by atoms with E-state index in [1.165, 1.54) is 101 Å². The summed E-state index contributed by atoms with van der Waals surface area (Å²) in [5.41, 5.74) is 3.01. The minimum absolute atomic E-state index is 0.0285. The number of hydrogen-bond donors (Lipinski definition) is 0. The van der Waals surface area contributed by atoms with Gasteiger partial charge in [-0.15, -0.1) is 0 Å². The van der Waals surface area contributed by atoms with Crippen LogP contribution in [0.4, 0.5) is 0 Å². The van der Waals surface area contributed by atoms with E-state index in [1.54, 1.807) is 0 Å². The lowest BCUT2D eigenvalue weighted by Crippen LogP contribution is -2.25. The fraction of sp³-hybridized carbons (Fsp3) is 0.774. The normalized spacial score (nSPS) is 28.3. The van der Waals surface area contributed by atoms with Crippen LogP contribution < -0.4 is 0 Å². The third-order valence-electron chi connectivity index (χ3n) is 8.88. The van der Waals surface area contributed by atoms with E-state index in [9.17, 15) is 5.26 Å². The number of nitriles is 1. The maximum absolute atomic E-state index is 9.66. The predicted octanol–water partition coefficient (Wildman–Crippen LogP) is 9.75. The van der Waals surface area contributed by atoms with E-state index in [4.69, 9.17) is 0 Å². The van der Waals surface area contributed by atoms with Crippen molar-refractivity contribution in [1.29, 1.82) is 5.26 Å². The molecule has 0 heterocycles. The van der Waals surface area contributed by atoms with Crippen molar-refractivity contribution in [2.75, 3.05) is 0 Å². The molecule has 3 rings (SSSR count). The van der Waals surface area contributed by atoms with Gasteiger partial charge in [-0.1, -0.05) is 109 Å². The molecule has 0 spiro atoms. The van der Waals surface area contributed by atoms with Gasteiger partial charge in [0.2, 0.25) is 0 Å². The highest BCUT2D eigenvalue weighted by molar-refractivity contribution is 5.26. The number of nitrogens with zero attached hydrogens (tertiary/aromatic N) is 1. The second-order valence-corrected chi connectivity index (χ2v) is 11.3. The summed E-state index contributed by atoms with van der Waals surface area (Å²) in [6.07, 6.45) is 24.0. The molecule has 1 nitrogen and oxygen atoms in total. The number of unbranched alkanes of at least 4 members (excludes halogenated alkanes) is 4. The van der Waals surface area contributed by atoms with Crippen LogP contribution >= 0.6 is 0 Å². The van der Waals surface area contributed by atoms with Gasteiger partial charge in [-0.2, -0.15) is 5.26 Å². The Balaban J connectivity index is 1.34. The molecule has 0 unspecified atom stereocenters. The quantitative estimate of drug-likeness (QED) is 0.300. The monoisotopic (exact) mass is 435 g/mol. The maximum Gasteiger partial charge on any atom is 0.0689 e. The molecule has 1 aromatic carbocycles. The molecule has 0 radical (unpaired) electrons. The molecule has 32 heavy (non-hydrogen) atoms. The SMILES string of the molecule is CCCCCCCC1CCC(CCc2ccc(C3CCC(C#N)(CCC)CC3)cc2)CC1. The van der Waals surface area contributed by atoms with Crippen molar-refractivity contribution in [3.63, 3.8) is 0 Å². The third kappa shape index (κ3) is 7.64. The summed E-state index contributed by atoms with van der Waals surface area (Å²) in [5, 5.41) is 9.66. The van der Waals surface area contributed by atoms with Gasteiger partial charge in [0.15, 0.2) is 0 Å². The van der Waals surface area contributed by atoms with E-state index < -0.39 is 0 Å². The highest BCUT2D eigenvalue weighted by atomic mass is 14.4. The van der Waals surface area contributed by atoms with Crippen LogP contribution in [0.3, 0.4) is 0 Å². The van der Waals surface area contributed by atoms with Crippen molar-refractivity contribution in [3.8, 4) is 6.07 Å². The molecule has 1 heteroatoms. The van der Waals surface area contributed by atoms with Gasteiger partial charge >= 0.3 is 0 Å². The highest BCUT2D eigenvalue weighted by Crippen LogP contribution is 2.45. The first-order valence-corrected chi connectivity index (χ1v) is 14.2. The van der Waals surface area contributed by atoms with E-state index in [0.717, 1.165) is 37.5 Å². The number of hydrogen-bond acceptors (Lipinski definition) is 1. The zero-order valence-electron chi connectivity index (χ0n) is 21.2. The van der Waals surface area contributed by atoms with Gasteiger partial charge in [0.25, 0.3) is 0 Å². The van der Waals surface area contributed by atoms with Gasteiger partial charge in [-0.3, -0.25) is 0 Å². The predicted molar refractivity (Wildman–Crippen MR) is 138 cm³/mol. The average Bonchev–Trinajstić information content (AvgIpc) is 2.84. The Kier molecular flexibility index (Phi) is 10.6. The largest absolute Gasteiger partial charge is 0.198 e. The lowest BCUT2D eigenvalue weighted by molar-refractivity contribution is 0.228. The molecule has 0 atom stereocenters. The Morgan fingerprint density at radius 3 is 2.00 bits per heavy atom. The first kappa shape index (κ1) is 25.3. The molecule has 0 bridgehead atoms. The van der Waals surface area contributed by atoms with Gasteiger partial charge < -0.3 is 0 Å². The summed E-state index contributed by atoms with van der Waals surface area (Å²) in [6.45, 7) is 4.52. The van der Waals surface area contributed by atoms with Crippen molar-refractivity contribution in [3.05, 3.63) is 35.4 Å². The summed E-state index contributed by atoms with van der Waals surface area (Å²) >= 11 is 0. The van der Waals surface area contributed by atoms with Crippen LogP contribution in [-0.4, -0.2) is 0 Å². The Morgan fingerprint density at radius 1 is 0.781 bits per heavy atom. The molecule has 0 saturated heterocycles. The summed E-state index contributed by atoms with van der Waals surface area (Å²) < 4.78 is 0.